The number of aryl methyl sites for hydroxylation is 1. The molecule has 0 heterocycles. The van der Waals surface area contributed by atoms with Crippen LogP contribution in [0.3, 0.4) is 0 Å². The highest BCUT2D eigenvalue weighted by atomic mass is 19.1. The third-order valence-electron chi connectivity index (χ3n) is 3.41. The van der Waals surface area contributed by atoms with Gasteiger partial charge >= 0.3 is 0 Å². The molecule has 2 aromatic carbocycles. The van der Waals surface area contributed by atoms with Gasteiger partial charge in [0.15, 0.2) is 5.78 Å². The van der Waals surface area contributed by atoms with Gasteiger partial charge < -0.3 is 0 Å². The Labute approximate surface area is 119 Å². The molecule has 0 fully saturated rings. The molecule has 0 aromatic heterocycles. The Morgan fingerprint density at radius 2 is 1.65 bits per heavy atom. The van der Waals surface area contributed by atoms with E-state index in [1.807, 2.05) is 24.3 Å². The fraction of sp³-hybridized carbons (Fsp3) is 0.278. The van der Waals surface area contributed by atoms with Crippen molar-refractivity contribution in [3.63, 3.8) is 0 Å². The van der Waals surface area contributed by atoms with E-state index in [9.17, 15) is 9.18 Å². The average molecular weight is 270 g/mol. The minimum absolute atomic E-state index is 0.0481. The number of hydrogen-bond donors (Lipinski definition) is 0. The predicted molar refractivity (Wildman–Crippen MR) is 79.7 cm³/mol. The van der Waals surface area contributed by atoms with Gasteiger partial charge in [-0.05, 0) is 41.7 Å². The zero-order chi connectivity index (χ0) is 14.9. The Hall–Kier alpha value is -1.96. The van der Waals surface area contributed by atoms with Crippen LogP contribution in [-0.4, -0.2) is 5.78 Å². The summed E-state index contributed by atoms with van der Waals surface area (Å²) in [5, 5.41) is 0. The van der Waals surface area contributed by atoms with Crippen LogP contribution in [0, 0.1) is 12.7 Å². The molecule has 0 saturated heterocycles. The summed E-state index contributed by atoms with van der Waals surface area (Å²) in [5.41, 5.74) is 2.81. The van der Waals surface area contributed by atoms with Crippen molar-refractivity contribution in [3.05, 3.63) is 70.5 Å². The second kappa shape index (κ2) is 5.20. The lowest BCUT2D eigenvalue weighted by Gasteiger charge is -2.22. The molecule has 20 heavy (non-hydrogen) atoms. The lowest BCUT2D eigenvalue weighted by molar-refractivity contribution is 0.103. The lowest BCUT2D eigenvalue weighted by Crippen LogP contribution is -2.17. The predicted octanol–water partition coefficient (Wildman–Crippen LogP) is 4.66. The fourth-order valence-electron chi connectivity index (χ4n) is 2.36. The van der Waals surface area contributed by atoms with E-state index in [0.29, 0.717) is 16.7 Å². The maximum absolute atomic E-state index is 13.2. The van der Waals surface area contributed by atoms with Crippen molar-refractivity contribution in [2.45, 2.75) is 33.1 Å². The number of benzene rings is 2. The topological polar surface area (TPSA) is 17.1 Å². The van der Waals surface area contributed by atoms with Crippen LogP contribution in [0.4, 0.5) is 4.39 Å². The first-order valence-corrected chi connectivity index (χ1v) is 6.71. The summed E-state index contributed by atoms with van der Waals surface area (Å²) in [6.07, 6.45) is 0. The largest absolute Gasteiger partial charge is 0.289 e. The molecule has 0 atom stereocenters. The second-order valence-electron chi connectivity index (χ2n) is 6.08. The zero-order valence-electron chi connectivity index (χ0n) is 12.3. The van der Waals surface area contributed by atoms with E-state index < -0.39 is 0 Å². The van der Waals surface area contributed by atoms with Crippen LogP contribution < -0.4 is 0 Å². The Morgan fingerprint density at radius 1 is 1.00 bits per heavy atom. The molecule has 2 heteroatoms. The molecule has 0 aliphatic carbocycles. The van der Waals surface area contributed by atoms with Crippen molar-refractivity contribution >= 4 is 5.78 Å². The molecule has 0 bridgehead atoms. The van der Waals surface area contributed by atoms with Crippen molar-refractivity contribution in [1.82, 2.24) is 0 Å². The molecular weight excluding hydrogens is 251 g/mol. The van der Waals surface area contributed by atoms with Gasteiger partial charge in [-0.3, -0.25) is 4.79 Å². The minimum atomic E-state index is -0.317. The van der Waals surface area contributed by atoms with E-state index in [-0.39, 0.29) is 17.0 Å². The highest BCUT2D eigenvalue weighted by Gasteiger charge is 2.22. The third kappa shape index (κ3) is 2.79. The SMILES string of the molecule is Cc1cc(F)ccc1C(=O)c1ccccc1C(C)(C)C. The number of halogens is 1. The van der Waals surface area contributed by atoms with Gasteiger partial charge in [0.2, 0.25) is 0 Å². The average Bonchev–Trinajstić information content (AvgIpc) is 2.37. The van der Waals surface area contributed by atoms with E-state index >= 15 is 0 Å². The van der Waals surface area contributed by atoms with Gasteiger partial charge in [0.05, 0.1) is 0 Å². The van der Waals surface area contributed by atoms with Crippen molar-refractivity contribution < 1.29 is 9.18 Å². The molecule has 0 aliphatic rings. The van der Waals surface area contributed by atoms with Gasteiger partial charge in [0, 0.05) is 11.1 Å². The monoisotopic (exact) mass is 270 g/mol. The maximum Gasteiger partial charge on any atom is 0.193 e. The number of rotatable bonds is 2. The van der Waals surface area contributed by atoms with E-state index in [4.69, 9.17) is 0 Å². The first-order valence-electron chi connectivity index (χ1n) is 6.71. The van der Waals surface area contributed by atoms with Crippen molar-refractivity contribution in [1.29, 1.82) is 0 Å². The molecule has 0 aliphatic heterocycles. The van der Waals surface area contributed by atoms with Crippen molar-refractivity contribution in [2.24, 2.45) is 0 Å². The molecule has 0 spiro atoms. The van der Waals surface area contributed by atoms with Crippen LogP contribution in [0.1, 0.15) is 47.8 Å². The Bertz CT molecular complexity index is 651. The highest BCUT2D eigenvalue weighted by Crippen LogP contribution is 2.28. The van der Waals surface area contributed by atoms with E-state index in [1.54, 1.807) is 13.0 Å². The number of carbonyl (C=O) groups excluding carboxylic acids is 1. The molecule has 0 amide bonds. The fourth-order valence-corrected chi connectivity index (χ4v) is 2.36. The highest BCUT2D eigenvalue weighted by molar-refractivity contribution is 6.11. The van der Waals surface area contributed by atoms with Crippen molar-refractivity contribution in [2.75, 3.05) is 0 Å². The quantitative estimate of drug-likeness (QED) is 0.725. The molecule has 1 nitrogen and oxygen atoms in total. The molecule has 0 radical (unpaired) electrons. The third-order valence-corrected chi connectivity index (χ3v) is 3.41. The zero-order valence-corrected chi connectivity index (χ0v) is 12.3. The first kappa shape index (κ1) is 14.4. The van der Waals surface area contributed by atoms with Gasteiger partial charge in [-0.2, -0.15) is 0 Å². The smallest absolute Gasteiger partial charge is 0.193 e. The summed E-state index contributed by atoms with van der Waals surface area (Å²) in [6, 6.07) is 11.9. The minimum Gasteiger partial charge on any atom is -0.289 e. The number of hydrogen-bond acceptors (Lipinski definition) is 1. The van der Waals surface area contributed by atoms with Gasteiger partial charge in [0.1, 0.15) is 5.82 Å². The summed E-state index contributed by atoms with van der Waals surface area (Å²) in [5.74, 6) is -0.365. The summed E-state index contributed by atoms with van der Waals surface area (Å²) >= 11 is 0. The van der Waals surface area contributed by atoms with E-state index in [2.05, 4.69) is 20.8 Å². The Morgan fingerprint density at radius 3 is 2.25 bits per heavy atom. The van der Waals surface area contributed by atoms with E-state index in [1.165, 1.54) is 12.1 Å². The van der Waals surface area contributed by atoms with Gasteiger partial charge in [-0.15, -0.1) is 0 Å². The molecule has 2 aromatic rings. The standard InChI is InChI=1S/C18H19FO/c1-12-11-13(19)9-10-14(12)17(20)15-7-5-6-8-16(15)18(2,3)4/h5-11H,1-4H3. The van der Waals surface area contributed by atoms with Gasteiger partial charge in [0.25, 0.3) is 0 Å². The molecule has 2 rings (SSSR count). The van der Waals surface area contributed by atoms with Crippen LogP contribution in [0.15, 0.2) is 42.5 Å². The maximum atomic E-state index is 13.2. The Kier molecular flexibility index (Phi) is 3.76. The van der Waals surface area contributed by atoms with E-state index in [0.717, 1.165) is 5.56 Å². The molecule has 0 saturated carbocycles. The molecule has 0 unspecified atom stereocenters. The molecule has 0 N–H and O–H groups in total. The molecular formula is C18H19FO. The van der Waals surface area contributed by atoms with Crippen LogP contribution in [0.5, 0.6) is 0 Å². The van der Waals surface area contributed by atoms with Crippen LogP contribution in [0.2, 0.25) is 0 Å². The molecule has 104 valence electrons. The summed E-state index contributed by atoms with van der Waals surface area (Å²) in [7, 11) is 0. The summed E-state index contributed by atoms with van der Waals surface area (Å²) < 4.78 is 13.2. The Balaban J connectivity index is 2.55. The van der Waals surface area contributed by atoms with Crippen LogP contribution in [0.25, 0.3) is 0 Å². The first-order chi connectivity index (χ1) is 9.30. The second-order valence-corrected chi connectivity index (χ2v) is 6.08. The van der Waals surface area contributed by atoms with Gasteiger partial charge in [-0.1, -0.05) is 45.0 Å². The normalized spacial score (nSPS) is 11.4. The van der Waals surface area contributed by atoms with Crippen molar-refractivity contribution in [3.8, 4) is 0 Å². The summed E-state index contributed by atoms with van der Waals surface area (Å²) in [4.78, 5) is 12.7. The number of ketones is 1. The van der Waals surface area contributed by atoms with Crippen LogP contribution >= 0.6 is 0 Å². The number of carbonyl (C=O) groups is 1. The lowest BCUT2D eigenvalue weighted by atomic mass is 9.81. The van der Waals surface area contributed by atoms with Crippen LogP contribution in [-0.2, 0) is 5.41 Å². The summed E-state index contributed by atoms with van der Waals surface area (Å²) in [6.45, 7) is 8.00. The van der Waals surface area contributed by atoms with Gasteiger partial charge in [-0.25, -0.2) is 4.39 Å².